The Morgan fingerprint density at radius 2 is 1.82 bits per heavy atom. The van der Waals surface area contributed by atoms with Gasteiger partial charge in [-0.05, 0) is 43.2 Å². The summed E-state index contributed by atoms with van der Waals surface area (Å²) in [6, 6.07) is 7.95. The van der Waals surface area contributed by atoms with Crippen LogP contribution in [0.5, 0.6) is 5.75 Å². The first-order valence-electron chi connectivity index (χ1n) is 10.8. The maximum Gasteiger partial charge on any atom is 0.411 e. The highest BCUT2D eigenvalue weighted by molar-refractivity contribution is 6.31. The van der Waals surface area contributed by atoms with Crippen LogP contribution in [0.3, 0.4) is 0 Å². The molecular formula is C23H27ClN4O5. The van der Waals surface area contributed by atoms with Gasteiger partial charge in [-0.25, -0.2) is 4.79 Å². The minimum absolute atomic E-state index is 0.0522. The van der Waals surface area contributed by atoms with Crippen LogP contribution in [0.1, 0.15) is 42.5 Å². The Hall–Kier alpha value is -3.33. The van der Waals surface area contributed by atoms with E-state index in [0.717, 1.165) is 30.6 Å². The molecule has 10 heteroatoms. The molecule has 3 amide bonds. The van der Waals surface area contributed by atoms with Crippen LogP contribution in [0.4, 0.5) is 10.5 Å². The number of benzene rings is 1. The number of carbonyl (C=O) groups is 3. The molecule has 0 spiro atoms. The molecule has 9 nitrogen and oxygen atoms in total. The third kappa shape index (κ3) is 6.82. The van der Waals surface area contributed by atoms with Gasteiger partial charge in [-0.1, -0.05) is 24.4 Å². The predicted molar refractivity (Wildman–Crippen MR) is 124 cm³/mol. The third-order valence-corrected chi connectivity index (χ3v) is 5.75. The van der Waals surface area contributed by atoms with Crippen LogP contribution in [-0.2, 0) is 4.79 Å². The largest absolute Gasteiger partial charge is 0.492 e. The molecule has 1 aromatic heterocycles. The van der Waals surface area contributed by atoms with Gasteiger partial charge < -0.3 is 20.5 Å². The van der Waals surface area contributed by atoms with Gasteiger partial charge in [-0.15, -0.1) is 0 Å². The molecule has 1 aliphatic rings. The molecule has 2 aromatic rings. The number of rotatable bonds is 10. The quantitative estimate of drug-likeness (QED) is 0.542. The van der Waals surface area contributed by atoms with E-state index in [0.29, 0.717) is 22.0 Å². The van der Waals surface area contributed by atoms with E-state index in [2.05, 4.69) is 4.98 Å². The van der Waals surface area contributed by atoms with E-state index >= 15 is 0 Å². The van der Waals surface area contributed by atoms with Crippen LogP contribution in [0, 0.1) is 0 Å². The van der Waals surface area contributed by atoms with Crippen LogP contribution in [0.25, 0.3) is 0 Å². The lowest BCUT2D eigenvalue weighted by Crippen LogP contribution is -2.40. The Bertz CT molecular complexity index is 982. The minimum Gasteiger partial charge on any atom is -0.492 e. The van der Waals surface area contributed by atoms with Crippen molar-refractivity contribution in [3.8, 4) is 5.75 Å². The number of aromatic nitrogens is 1. The SMILES string of the molecule is NC(=O)CCN(C(=O)c1cc(Cl)cc(OCCN(C(=O)O)c2ccncc2)c1)C1CCCC1. The van der Waals surface area contributed by atoms with Gasteiger partial charge in [0.25, 0.3) is 5.91 Å². The molecule has 0 unspecified atom stereocenters. The highest BCUT2D eigenvalue weighted by atomic mass is 35.5. The van der Waals surface area contributed by atoms with Crippen molar-refractivity contribution >= 4 is 35.2 Å². The van der Waals surface area contributed by atoms with Gasteiger partial charge in [0.2, 0.25) is 5.91 Å². The number of hydrogen-bond donors (Lipinski definition) is 2. The van der Waals surface area contributed by atoms with E-state index in [-0.39, 0.29) is 38.1 Å². The van der Waals surface area contributed by atoms with Gasteiger partial charge >= 0.3 is 6.09 Å². The number of anilines is 1. The molecule has 176 valence electrons. The number of ether oxygens (including phenoxy) is 1. The van der Waals surface area contributed by atoms with Crippen molar-refractivity contribution in [2.24, 2.45) is 5.73 Å². The van der Waals surface area contributed by atoms with Gasteiger partial charge in [0.1, 0.15) is 12.4 Å². The van der Waals surface area contributed by atoms with E-state index in [9.17, 15) is 19.5 Å². The summed E-state index contributed by atoms with van der Waals surface area (Å²) < 4.78 is 5.73. The molecule has 0 atom stereocenters. The minimum atomic E-state index is -1.12. The summed E-state index contributed by atoms with van der Waals surface area (Å²) in [5.41, 5.74) is 6.12. The molecular weight excluding hydrogens is 448 g/mol. The molecule has 1 fully saturated rings. The molecule has 1 saturated carbocycles. The summed E-state index contributed by atoms with van der Waals surface area (Å²) in [4.78, 5) is 42.9. The number of pyridine rings is 1. The topological polar surface area (TPSA) is 126 Å². The molecule has 0 aliphatic heterocycles. The Labute approximate surface area is 197 Å². The highest BCUT2D eigenvalue weighted by Crippen LogP contribution is 2.28. The number of nitrogens with two attached hydrogens (primary N) is 1. The summed E-state index contributed by atoms with van der Waals surface area (Å²) in [6.45, 7) is 0.375. The number of halogens is 1. The normalized spacial score (nSPS) is 13.5. The third-order valence-electron chi connectivity index (χ3n) is 5.53. The van der Waals surface area contributed by atoms with Crippen molar-refractivity contribution < 1.29 is 24.2 Å². The zero-order valence-electron chi connectivity index (χ0n) is 18.2. The first-order valence-corrected chi connectivity index (χ1v) is 11.2. The molecule has 1 heterocycles. The number of nitrogens with zero attached hydrogens (tertiary/aromatic N) is 3. The first kappa shape index (κ1) is 24.3. The summed E-state index contributed by atoms with van der Waals surface area (Å²) in [5.74, 6) is -0.343. The fraction of sp³-hybridized carbons (Fsp3) is 0.391. The van der Waals surface area contributed by atoms with E-state index in [4.69, 9.17) is 22.1 Å². The van der Waals surface area contributed by atoms with E-state index in [1.165, 1.54) is 12.4 Å². The van der Waals surface area contributed by atoms with Crippen molar-refractivity contribution in [3.05, 3.63) is 53.3 Å². The van der Waals surface area contributed by atoms with E-state index in [1.807, 2.05) is 0 Å². The molecule has 3 rings (SSSR count). The van der Waals surface area contributed by atoms with Gasteiger partial charge in [0.05, 0.1) is 12.2 Å². The second kappa shape index (κ2) is 11.5. The Balaban J connectivity index is 1.70. The van der Waals surface area contributed by atoms with Crippen molar-refractivity contribution in [2.45, 2.75) is 38.1 Å². The molecule has 3 N–H and O–H groups in total. The van der Waals surface area contributed by atoms with Crippen LogP contribution in [0.2, 0.25) is 5.02 Å². The molecule has 33 heavy (non-hydrogen) atoms. The summed E-state index contributed by atoms with van der Waals surface area (Å²) >= 11 is 6.24. The number of amides is 3. The number of carbonyl (C=O) groups excluding carboxylic acids is 2. The fourth-order valence-corrected chi connectivity index (χ4v) is 4.17. The standard InChI is InChI=1S/C23H27ClN4O5/c24-17-13-16(22(30)27(10-7-21(25)29)18-3-1-2-4-18)14-20(15-17)33-12-11-28(23(31)32)19-5-8-26-9-6-19/h5-6,8-9,13-15,18H,1-4,7,10-12H2,(H2,25,29)(H,31,32). The zero-order valence-corrected chi connectivity index (χ0v) is 18.9. The number of carboxylic acid groups (broad SMARTS) is 1. The maximum atomic E-state index is 13.3. The number of hydrogen-bond acceptors (Lipinski definition) is 5. The van der Waals surface area contributed by atoms with Crippen LogP contribution >= 0.6 is 11.6 Å². The predicted octanol–water partition coefficient (Wildman–Crippen LogP) is 3.56. The highest BCUT2D eigenvalue weighted by Gasteiger charge is 2.28. The lowest BCUT2D eigenvalue weighted by molar-refractivity contribution is -0.118. The molecule has 0 saturated heterocycles. The summed E-state index contributed by atoms with van der Waals surface area (Å²) in [7, 11) is 0. The summed E-state index contributed by atoms with van der Waals surface area (Å²) in [6.07, 6.45) is 5.83. The molecule has 1 aromatic carbocycles. The molecule has 0 bridgehead atoms. The van der Waals surface area contributed by atoms with Crippen molar-refractivity contribution in [2.75, 3.05) is 24.6 Å². The lowest BCUT2D eigenvalue weighted by atomic mass is 10.1. The van der Waals surface area contributed by atoms with E-state index in [1.54, 1.807) is 35.2 Å². The van der Waals surface area contributed by atoms with Crippen LogP contribution in [-0.4, -0.2) is 58.6 Å². The average Bonchev–Trinajstić information content (AvgIpc) is 3.31. The lowest BCUT2D eigenvalue weighted by Gasteiger charge is -2.29. The van der Waals surface area contributed by atoms with Crippen molar-refractivity contribution in [3.63, 3.8) is 0 Å². The maximum absolute atomic E-state index is 13.3. The Morgan fingerprint density at radius 1 is 1.12 bits per heavy atom. The number of primary amides is 1. The van der Waals surface area contributed by atoms with Gasteiger partial charge in [-0.2, -0.15) is 0 Å². The average molecular weight is 475 g/mol. The van der Waals surface area contributed by atoms with Crippen LogP contribution < -0.4 is 15.4 Å². The zero-order chi connectivity index (χ0) is 23.8. The monoisotopic (exact) mass is 474 g/mol. The first-order chi connectivity index (χ1) is 15.8. The van der Waals surface area contributed by atoms with E-state index < -0.39 is 12.0 Å². The second-order valence-corrected chi connectivity index (χ2v) is 8.25. The van der Waals surface area contributed by atoms with Gasteiger partial charge in [0.15, 0.2) is 0 Å². The smallest absolute Gasteiger partial charge is 0.411 e. The Morgan fingerprint density at radius 3 is 2.45 bits per heavy atom. The molecule has 1 aliphatic carbocycles. The van der Waals surface area contributed by atoms with Crippen LogP contribution in [0.15, 0.2) is 42.7 Å². The Kier molecular flexibility index (Phi) is 8.48. The fourth-order valence-electron chi connectivity index (χ4n) is 3.95. The van der Waals surface area contributed by atoms with Crippen molar-refractivity contribution in [1.82, 2.24) is 9.88 Å². The van der Waals surface area contributed by atoms with Gasteiger partial charge in [0, 0.05) is 42.0 Å². The van der Waals surface area contributed by atoms with Crippen molar-refractivity contribution in [1.29, 1.82) is 0 Å². The second-order valence-electron chi connectivity index (χ2n) is 7.82. The van der Waals surface area contributed by atoms with Gasteiger partial charge in [-0.3, -0.25) is 19.5 Å². The molecule has 0 radical (unpaired) electrons. The summed E-state index contributed by atoms with van der Waals surface area (Å²) in [5, 5.41) is 9.81.